The number of rotatable bonds is 6. The predicted octanol–water partition coefficient (Wildman–Crippen LogP) is 2.49. The first kappa shape index (κ1) is 19.7. The highest BCUT2D eigenvalue weighted by Gasteiger charge is 2.24. The highest BCUT2D eigenvalue weighted by Crippen LogP contribution is 2.21. The number of carbonyl (C=O) groups excluding carboxylic acids is 1. The van der Waals surface area contributed by atoms with Gasteiger partial charge >= 0.3 is 0 Å². The third-order valence-corrected chi connectivity index (χ3v) is 6.05. The minimum absolute atomic E-state index is 0.161. The molecule has 3 aromatic heterocycles. The van der Waals surface area contributed by atoms with Crippen LogP contribution in [-0.2, 0) is 4.79 Å². The molecule has 1 aliphatic heterocycles. The summed E-state index contributed by atoms with van der Waals surface area (Å²) in [7, 11) is 0. The van der Waals surface area contributed by atoms with E-state index in [9.17, 15) is 9.59 Å². The third-order valence-electron chi connectivity index (χ3n) is 6.05. The molecular weight excluding hydrogens is 370 g/mol. The number of hydrogen-bond donors (Lipinski definition) is 1. The Bertz CT molecular complexity index is 1080. The standard InChI is InChI=1S/C21H29N5O3/c1-4-16(20(27)22-9-11-24-10-6-5-7-14(24)2)26-21(28)18-13-19-17(8-12-29-19)25(18)15(3)23-26/h8,12-14,16H,4-7,9-11H2,1-3H3,(H,22,27)/t14-,16+/m1/s1. The van der Waals surface area contributed by atoms with Crippen LogP contribution in [0.3, 0.4) is 0 Å². The van der Waals surface area contributed by atoms with Gasteiger partial charge in [0.2, 0.25) is 5.91 Å². The number of furan rings is 1. The fraction of sp³-hybridized carbons (Fsp3) is 0.571. The minimum atomic E-state index is -0.633. The summed E-state index contributed by atoms with van der Waals surface area (Å²) in [6.45, 7) is 8.46. The van der Waals surface area contributed by atoms with Crippen molar-refractivity contribution < 1.29 is 9.21 Å². The van der Waals surface area contributed by atoms with Crippen LogP contribution < -0.4 is 10.9 Å². The van der Waals surface area contributed by atoms with E-state index < -0.39 is 6.04 Å². The lowest BCUT2D eigenvalue weighted by Crippen LogP contribution is -2.45. The van der Waals surface area contributed by atoms with Crippen LogP contribution in [0.15, 0.2) is 27.6 Å². The summed E-state index contributed by atoms with van der Waals surface area (Å²) in [6.07, 6.45) is 5.79. The van der Waals surface area contributed by atoms with E-state index in [-0.39, 0.29) is 11.5 Å². The molecule has 8 nitrogen and oxygen atoms in total. The first-order valence-electron chi connectivity index (χ1n) is 10.5. The molecule has 156 valence electrons. The molecule has 0 spiro atoms. The van der Waals surface area contributed by atoms with Gasteiger partial charge in [-0.05, 0) is 39.7 Å². The zero-order chi connectivity index (χ0) is 20.5. The number of piperidine rings is 1. The lowest BCUT2D eigenvalue weighted by Gasteiger charge is -2.33. The van der Waals surface area contributed by atoms with Crippen molar-refractivity contribution in [3.63, 3.8) is 0 Å². The molecule has 4 rings (SSSR count). The Balaban J connectivity index is 1.53. The second-order valence-corrected chi connectivity index (χ2v) is 7.93. The van der Waals surface area contributed by atoms with E-state index in [4.69, 9.17) is 4.42 Å². The SMILES string of the molecule is CC[C@@H](C(=O)NCCN1CCCC[C@H]1C)n1nc(C)n2c(cc3occc32)c1=O. The molecule has 1 saturated heterocycles. The quantitative estimate of drug-likeness (QED) is 0.688. The number of amides is 1. The van der Waals surface area contributed by atoms with Crippen LogP contribution in [0.4, 0.5) is 0 Å². The van der Waals surface area contributed by atoms with Crippen molar-refractivity contribution in [1.82, 2.24) is 24.4 Å². The highest BCUT2D eigenvalue weighted by atomic mass is 16.3. The summed E-state index contributed by atoms with van der Waals surface area (Å²) in [6, 6.07) is 3.45. The van der Waals surface area contributed by atoms with Crippen LogP contribution in [0.1, 0.15) is 51.4 Å². The molecule has 3 aromatic rings. The van der Waals surface area contributed by atoms with Crippen LogP contribution in [-0.4, -0.2) is 50.7 Å². The van der Waals surface area contributed by atoms with Crippen molar-refractivity contribution in [1.29, 1.82) is 0 Å². The Labute approximate surface area is 169 Å². The van der Waals surface area contributed by atoms with Gasteiger partial charge in [0.1, 0.15) is 17.4 Å². The Morgan fingerprint density at radius 3 is 2.97 bits per heavy atom. The maximum absolute atomic E-state index is 13.1. The highest BCUT2D eigenvalue weighted by molar-refractivity contribution is 5.83. The number of carbonyl (C=O) groups is 1. The summed E-state index contributed by atoms with van der Waals surface area (Å²) < 4.78 is 8.53. The fourth-order valence-corrected chi connectivity index (χ4v) is 4.41. The molecule has 8 heteroatoms. The number of hydrogen-bond acceptors (Lipinski definition) is 5. The van der Waals surface area contributed by atoms with Crippen LogP contribution in [0, 0.1) is 6.92 Å². The van der Waals surface area contributed by atoms with Gasteiger partial charge in [0.25, 0.3) is 5.56 Å². The number of aryl methyl sites for hydroxylation is 1. The summed E-state index contributed by atoms with van der Waals surface area (Å²) in [5, 5.41) is 7.47. The lowest BCUT2D eigenvalue weighted by molar-refractivity contribution is -0.124. The van der Waals surface area contributed by atoms with Crippen LogP contribution in [0.25, 0.3) is 16.6 Å². The molecule has 1 amide bonds. The summed E-state index contributed by atoms with van der Waals surface area (Å²) in [5.41, 5.74) is 1.63. The fourth-order valence-electron chi connectivity index (χ4n) is 4.41. The summed E-state index contributed by atoms with van der Waals surface area (Å²) in [5.74, 6) is 0.482. The molecule has 0 aliphatic carbocycles. The van der Waals surface area contributed by atoms with Crippen LogP contribution in [0.5, 0.6) is 0 Å². The van der Waals surface area contributed by atoms with Crippen molar-refractivity contribution in [3.05, 3.63) is 34.6 Å². The molecule has 0 bridgehead atoms. The van der Waals surface area contributed by atoms with Gasteiger partial charge in [-0.25, -0.2) is 4.68 Å². The minimum Gasteiger partial charge on any atom is -0.463 e. The monoisotopic (exact) mass is 399 g/mol. The van der Waals surface area contributed by atoms with E-state index in [0.29, 0.717) is 35.9 Å². The molecule has 0 aromatic carbocycles. The number of nitrogens with zero attached hydrogens (tertiary/aromatic N) is 4. The normalized spacial score (nSPS) is 19.1. The smallest absolute Gasteiger partial charge is 0.291 e. The zero-order valence-corrected chi connectivity index (χ0v) is 17.4. The molecular formula is C21H29N5O3. The Morgan fingerprint density at radius 1 is 1.38 bits per heavy atom. The summed E-state index contributed by atoms with van der Waals surface area (Å²) >= 11 is 0. The zero-order valence-electron chi connectivity index (χ0n) is 17.4. The molecule has 29 heavy (non-hydrogen) atoms. The van der Waals surface area contributed by atoms with Gasteiger partial charge in [-0.2, -0.15) is 5.10 Å². The summed E-state index contributed by atoms with van der Waals surface area (Å²) in [4.78, 5) is 28.3. The predicted molar refractivity (Wildman–Crippen MR) is 111 cm³/mol. The van der Waals surface area contributed by atoms with E-state index in [0.717, 1.165) is 18.6 Å². The Hall–Kier alpha value is -2.61. The van der Waals surface area contributed by atoms with Gasteiger partial charge in [-0.3, -0.25) is 18.9 Å². The van der Waals surface area contributed by atoms with Crippen molar-refractivity contribution in [2.75, 3.05) is 19.6 Å². The van der Waals surface area contributed by atoms with Gasteiger partial charge in [-0.1, -0.05) is 13.3 Å². The van der Waals surface area contributed by atoms with Crippen LogP contribution >= 0.6 is 0 Å². The molecule has 1 fully saturated rings. The third kappa shape index (κ3) is 3.57. The van der Waals surface area contributed by atoms with Gasteiger partial charge < -0.3 is 9.73 Å². The number of fused-ring (bicyclic) bond motifs is 3. The maximum atomic E-state index is 13.1. The number of nitrogens with one attached hydrogen (secondary N) is 1. The second kappa shape index (κ2) is 8.02. The largest absolute Gasteiger partial charge is 0.463 e. The number of likely N-dealkylation sites (tertiary alicyclic amines) is 1. The molecule has 0 unspecified atom stereocenters. The lowest BCUT2D eigenvalue weighted by atomic mass is 10.0. The number of aromatic nitrogens is 3. The van der Waals surface area contributed by atoms with Crippen molar-refractivity contribution in [3.8, 4) is 0 Å². The van der Waals surface area contributed by atoms with Crippen LogP contribution in [0.2, 0.25) is 0 Å². The van der Waals surface area contributed by atoms with Crippen molar-refractivity contribution in [2.24, 2.45) is 0 Å². The molecule has 4 heterocycles. The Kier molecular flexibility index (Phi) is 5.45. The van der Waals surface area contributed by atoms with E-state index in [1.807, 2.05) is 19.9 Å². The van der Waals surface area contributed by atoms with E-state index >= 15 is 0 Å². The Morgan fingerprint density at radius 2 is 2.21 bits per heavy atom. The van der Waals surface area contributed by atoms with Gasteiger partial charge in [0.05, 0.1) is 11.8 Å². The molecule has 0 radical (unpaired) electrons. The van der Waals surface area contributed by atoms with Crippen molar-refractivity contribution in [2.45, 2.75) is 58.5 Å². The van der Waals surface area contributed by atoms with E-state index in [1.54, 1.807) is 16.7 Å². The second-order valence-electron chi connectivity index (χ2n) is 7.93. The average molecular weight is 399 g/mol. The van der Waals surface area contributed by atoms with E-state index in [2.05, 4.69) is 22.2 Å². The maximum Gasteiger partial charge on any atom is 0.291 e. The van der Waals surface area contributed by atoms with Gasteiger partial charge in [0.15, 0.2) is 5.58 Å². The average Bonchev–Trinajstić information content (AvgIpc) is 3.29. The van der Waals surface area contributed by atoms with Crippen molar-refractivity contribution >= 4 is 22.5 Å². The first-order chi connectivity index (χ1) is 14.0. The molecule has 0 saturated carbocycles. The first-order valence-corrected chi connectivity index (χ1v) is 10.5. The topological polar surface area (TPSA) is 84.8 Å². The molecule has 1 N–H and O–H groups in total. The molecule has 1 aliphatic rings. The van der Waals surface area contributed by atoms with Gasteiger partial charge in [-0.15, -0.1) is 0 Å². The van der Waals surface area contributed by atoms with Gasteiger partial charge in [0, 0.05) is 31.3 Å². The van der Waals surface area contributed by atoms with E-state index in [1.165, 1.54) is 23.9 Å². The molecule has 2 atom stereocenters.